The Hall–Kier alpha value is -1.32. The third-order valence-corrected chi connectivity index (χ3v) is 3.33. The lowest BCUT2D eigenvalue weighted by Gasteiger charge is -2.09. The van der Waals surface area contributed by atoms with Gasteiger partial charge in [-0.1, -0.05) is 48.0 Å². The third-order valence-electron chi connectivity index (χ3n) is 2.84. The first-order valence-electron chi connectivity index (χ1n) is 6.86. The van der Waals surface area contributed by atoms with E-state index in [0.717, 1.165) is 29.1 Å². The third kappa shape index (κ3) is 4.99. The van der Waals surface area contributed by atoms with Crippen molar-refractivity contribution >= 4 is 15.9 Å². The molecule has 1 N–H and O–H groups in total. The summed E-state index contributed by atoms with van der Waals surface area (Å²) in [5.74, 6) is 2.37. The van der Waals surface area contributed by atoms with Gasteiger partial charge in [0, 0.05) is 11.0 Å². The van der Waals surface area contributed by atoms with Crippen molar-refractivity contribution in [3.8, 4) is 11.5 Å². The van der Waals surface area contributed by atoms with Gasteiger partial charge in [0.2, 0.25) is 0 Å². The predicted molar refractivity (Wildman–Crippen MR) is 87.2 cm³/mol. The van der Waals surface area contributed by atoms with Gasteiger partial charge in [-0.15, -0.1) is 0 Å². The molecule has 3 heteroatoms. The van der Waals surface area contributed by atoms with E-state index in [1.165, 1.54) is 5.56 Å². The lowest BCUT2D eigenvalue weighted by molar-refractivity contribution is 0.482. The van der Waals surface area contributed by atoms with E-state index in [2.05, 4.69) is 47.2 Å². The number of rotatable bonds is 6. The molecule has 20 heavy (non-hydrogen) atoms. The van der Waals surface area contributed by atoms with Crippen LogP contribution < -0.4 is 10.1 Å². The molecule has 2 aromatic rings. The summed E-state index contributed by atoms with van der Waals surface area (Å²) in [5.41, 5.74) is 1.27. The number of hydrogen-bond acceptors (Lipinski definition) is 2. The SMILES string of the molecule is CC(C)CNCc1ccc(Oc2cccc(Br)c2)cc1. The first-order valence-corrected chi connectivity index (χ1v) is 7.66. The van der Waals surface area contributed by atoms with E-state index < -0.39 is 0 Å². The average Bonchev–Trinajstić information content (AvgIpc) is 2.40. The fourth-order valence-corrected chi connectivity index (χ4v) is 2.23. The molecule has 0 aromatic heterocycles. The van der Waals surface area contributed by atoms with Crippen LogP contribution in [0.3, 0.4) is 0 Å². The summed E-state index contributed by atoms with van der Waals surface area (Å²) < 4.78 is 6.82. The summed E-state index contributed by atoms with van der Waals surface area (Å²) in [6, 6.07) is 16.1. The van der Waals surface area contributed by atoms with E-state index in [4.69, 9.17) is 4.74 Å². The normalized spacial score (nSPS) is 10.8. The maximum absolute atomic E-state index is 5.81. The summed E-state index contributed by atoms with van der Waals surface area (Å²) in [7, 11) is 0. The van der Waals surface area contributed by atoms with Gasteiger partial charge in [-0.2, -0.15) is 0 Å². The van der Waals surface area contributed by atoms with Crippen LogP contribution in [0.2, 0.25) is 0 Å². The average molecular weight is 334 g/mol. The van der Waals surface area contributed by atoms with Gasteiger partial charge < -0.3 is 10.1 Å². The Balaban J connectivity index is 1.91. The minimum absolute atomic E-state index is 0.675. The van der Waals surface area contributed by atoms with Crippen molar-refractivity contribution in [3.63, 3.8) is 0 Å². The smallest absolute Gasteiger partial charge is 0.128 e. The van der Waals surface area contributed by atoms with Gasteiger partial charge in [0.05, 0.1) is 0 Å². The molecule has 2 rings (SSSR count). The summed E-state index contributed by atoms with van der Waals surface area (Å²) >= 11 is 3.44. The summed E-state index contributed by atoms with van der Waals surface area (Å²) in [4.78, 5) is 0. The molecule has 2 nitrogen and oxygen atoms in total. The fraction of sp³-hybridized carbons (Fsp3) is 0.294. The zero-order chi connectivity index (χ0) is 14.4. The van der Waals surface area contributed by atoms with Gasteiger partial charge in [-0.25, -0.2) is 0 Å². The highest BCUT2D eigenvalue weighted by Gasteiger charge is 1.99. The predicted octanol–water partition coefficient (Wildman–Crippen LogP) is 4.99. The first kappa shape index (κ1) is 15.1. The molecule has 0 unspecified atom stereocenters. The van der Waals surface area contributed by atoms with Crippen LogP contribution in [0.5, 0.6) is 11.5 Å². The van der Waals surface area contributed by atoms with Gasteiger partial charge in [-0.05, 0) is 48.4 Å². The molecule has 0 radical (unpaired) electrons. The van der Waals surface area contributed by atoms with E-state index in [-0.39, 0.29) is 0 Å². The molecule has 0 amide bonds. The van der Waals surface area contributed by atoms with Crippen molar-refractivity contribution in [2.24, 2.45) is 5.92 Å². The Morgan fingerprint density at radius 3 is 2.45 bits per heavy atom. The molecular weight excluding hydrogens is 314 g/mol. The van der Waals surface area contributed by atoms with Crippen molar-refractivity contribution in [3.05, 3.63) is 58.6 Å². The van der Waals surface area contributed by atoms with Crippen molar-refractivity contribution in [1.29, 1.82) is 0 Å². The molecule has 0 saturated heterocycles. The lowest BCUT2D eigenvalue weighted by Crippen LogP contribution is -2.18. The van der Waals surface area contributed by atoms with Crippen LogP contribution in [0.15, 0.2) is 53.0 Å². The van der Waals surface area contributed by atoms with E-state index in [9.17, 15) is 0 Å². The Bertz CT molecular complexity index is 537. The van der Waals surface area contributed by atoms with Crippen LogP contribution in [-0.2, 0) is 6.54 Å². The Labute approximate surface area is 129 Å². The number of halogens is 1. The number of benzene rings is 2. The number of hydrogen-bond donors (Lipinski definition) is 1. The second kappa shape index (κ2) is 7.46. The highest BCUT2D eigenvalue weighted by atomic mass is 79.9. The molecule has 0 bridgehead atoms. The summed E-state index contributed by atoms with van der Waals surface area (Å²) in [6.07, 6.45) is 0. The van der Waals surface area contributed by atoms with Crippen LogP contribution >= 0.6 is 15.9 Å². The van der Waals surface area contributed by atoms with E-state index in [0.29, 0.717) is 5.92 Å². The first-order chi connectivity index (χ1) is 9.63. The molecule has 0 aliphatic carbocycles. The standard InChI is InChI=1S/C17H20BrNO/c1-13(2)11-19-12-14-6-8-16(9-7-14)20-17-5-3-4-15(18)10-17/h3-10,13,19H,11-12H2,1-2H3. The molecule has 2 aromatic carbocycles. The summed E-state index contributed by atoms with van der Waals surface area (Å²) in [5, 5.41) is 3.43. The lowest BCUT2D eigenvalue weighted by atomic mass is 10.2. The molecule has 0 aliphatic rings. The Morgan fingerprint density at radius 1 is 1.05 bits per heavy atom. The van der Waals surface area contributed by atoms with Crippen LogP contribution in [0.25, 0.3) is 0 Å². The van der Waals surface area contributed by atoms with Crippen molar-refractivity contribution in [2.45, 2.75) is 20.4 Å². The molecule has 0 heterocycles. The topological polar surface area (TPSA) is 21.3 Å². The monoisotopic (exact) mass is 333 g/mol. The second-order valence-corrected chi connectivity index (χ2v) is 6.14. The Morgan fingerprint density at radius 2 is 1.80 bits per heavy atom. The maximum Gasteiger partial charge on any atom is 0.128 e. The highest BCUT2D eigenvalue weighted by Crippen LogP contribution is 2.24. The van der Waals surface area contributed by atoms with Crippen molar-refractivity contribution in [2.75, 3.05) is 6.54 Å². The molecule has 0 aliphatic heterocycles. The zero-order valence-electron chi connectivity index (χ0n) is 11.9. The van der Waals surface area contributed by atoms with Gasteiger partial charge in [0.15, 0.2) is 0 Å². The Kier molecular flexibility index (Phi) is 5.62. The largest absolute Gasteiger partial charge is 0.457 e. The minimum Gasteiger partial charge on any atom is -0.457 e. The molecule has 0 saturated carbocycles. The minimum atomic E-state index is 0.675. The number of nitrogens with one attached hydrogen (secondary N) is 1. The molecule has 106 valence electrons. The van der Waals surface area contributed by atoms with Gasteiger partial charge in [0.25, 0.3) is 0 Å². The molecular formula is C17H20BrNO. The van der Waals surface area contributed by atoms with Crippen LogP contribution in [0.4, 0.5) is 0 Å². The van der Waals surface area contributed by atoms with Crippen molar-refractivity contribution < 1.29 is 4.74 Å². The van der Waals surface area contributed by atoms with Crippen LogP contribution in [-0.4, -0.2) is 6.54 Å². The van der Waals surface area contributed by atoms with Crippen LogP contribution in [0, 0.1) is 5.92 Å². The quantitative estimate of drug-likeness (QED) is 0.804. The van der Waals surface area contributed by atoms with Gasteiger partial charge in [0.1, 0.15) is 11.5 Å². The highest BCUT2D eigenvalue weighted by molar-refractivity contribution is 9.10. The maximum atomic E-state index is 5.81. The van der Waals surface area contributed by atoms with E-state index in [1.807, 2.05) is 36.4 Å². The molecule has 0 spiro atoms. The zero-order valence-corrected chi connectivity index (χ0v) is 13.5. The molecule has 0 fully saturated rings. The van der Waals surface area contributed by atoms with Gasteiger partial charge in [-0.3, -0.25) is 0 Å². The second-order valence-electron chi connectivity index (χ2n) is 5.23. The fourth-order valence-electron chi connectivity index (χ4n) is 1.85. The van der Waals surface area contributed by atoms with Gasteiger partial charge >= 0.3 is 0 Å². The number of ether oxygens (including phenoxy) is 1. The summed E-state index contributed by atoms with van der Waals surface area (Å²) in [6.45, 7) is 6.36. The molecule has 0 atom stereocenters. The van der Waals surface area contributed by atoms with E-state index >= 15 is 0 Å². The van der Waals surface area contributed by atoms with Crippen molar-refractivity contribution in [1.82, 2.24) is 5.32 Å². The van der Waals surface area contributed by atoms with E-state index in [1.54, 1.807) is 0 Å². The van der Waals surface area contributed by atoms with Crippen LogP contribution in [0.1, 0.15) is 19.4 Å².